The minimum atomic E-state index is 0.737. The van der Waals surface area contributed by atoms with Crippen molar-refractivity contribution in [3.05, 3.63) is 46.3 Å². The van der Waals surface area contributed by atoms with E-state index < -0.39 is 0 Å². The summed E-state index contributed by atoms with van der Waals surface area (Å²) in [6, 6.07) is 8.55. The summed E-state index contributed by atoms with van der Waals surface area (Å²) in [5, 5.41) is 2.15. The number of ether oxygens (including phenoxy) is 1. The largest absolute Gasteiger partial charge is 0.383 e. The van der Waals surface area contributed by atoms with Crippen molar-refractivity contribution in [3.8, 4) is 0 Å². The molecule has 0 saturated heterocycles. The lowest BCUT2D eigenvalue weighted by atomic mass is 10.2. The summed E-state index contributed by atoms with van der Waals surface area (Å²) in [5.74, 6) is 1.11. The second-order valence-electron chi connectivity index (χ2n) is 5.26. The Kier molecular flexibility index (Phi) is 4.85. The molecule has 0 fully saturated rings. The van der Waals surface area contributed by atoms with E-state index >= 15 is 0 Å². The van der Waals surface area contributed by atoms with Gasteiger partial charge in [0.25, 0.3) is 0 Å². The van der Waals surface area contributed by atoms with Gasteiger partial charge in [-0.15, -0.1) is 11.3 Å². The van der Waals surface area contributed by atoms with Crippen molar-refractivity contribution < 1.29 is 4.74 Å². The van der Waals surface area contributed by atoms with E-state index in [0.29, 0.717) is 0 Å². The van der Waals surface area contributed by atoms with Gasteiger partial charge in [-0.25, -0.2) is 4.98 Å². The maximum absolute atomic E-state index is 5.23. The van der Waals surface area contributed by atoms with Gasteiger partial charge in [-0.3, -0.25) is 4.90 Å². The van der Waals surface area contributed by atoms with Crippen molar-refractivity contribution in [2.45, 2.75) is 13.1 Å². The van der Waals surface area contributed by atoms with Crippen molar-refractivity contribution >= 4 is 17.2 Å². The average molecular weight is 303 g/mol. The molecule has 1 aliphatic rings. The Morgan fingerprint density at radius 3 is 3.05 bits per heavy atom. The summed E-state index contributed by atoms with van der Waals surface area (Å²) in [5.41, 5.74) is 1.31. The zero-order valence-corrected chi connectivity index (χ0v) is 13.2. The zero-order chi connectivity index (χ0) is 14.5. The van der Waals surface area contributed by atoms with Crippen LogP contribution >= 0.6 is 11.3 Å². The molecule has 0 radical (unpaired) electrons. The first kappa shape index (κ1) is 14.5. The van der Waals surface area contributed by atoms with E-state index in [-0.39, 0.29) is 0 Å². The molecule has 5 heteroatoms. The Hall–Kier alpha value is -1.43. The third-order valence-electron chi connectivity index (χ3n) is 3.77. The summed E-state index contributed by atoms with van der Waals surface area (Å²) in [6.07, 6.45) is 1.88. The van der Waals surface area contributed by atoms with Gasteiger partial charge < -0.3 is 9.64 Å². The van der Waals surface area contributed by atoms with Crippen LogP contribution in [0.25, 0.3) is 0 Å². The Morgan fingerprint density at radius 1 is 1.29 bits per heavy atom. The molecule has 0 aliphatic carbocycles. The fraction of sp³-hybridized carbons (Fsp3) is 0.438. The normalized spacial score (nSPS) is 15.8. The van der Waals surface area contributed by atoms with Crippen LogP contribution in [0.3, 0.4) is 0 Å². The van der Waals surface area contributed by atoms with Crippen LogP contribution in [0.4, 0.5) is 5.82 Å². The van der Waals surface area contributed by atoms with Gasteiger partial charge in [0, 0.05) is 56.5 Å². The molecule has 21 heavy (non-hydrogen) atoms. The fourth-order valence-electron chi connectivity index (χ4n) is 2.70. The summed E-state index contributed by atoms with van der Waals surface area (Å²) in [4.78, 5) is 10.9. The fourth-order valence-corrected chi connectivity index (χ4v) is 3.45. The van der Waals surface area contributed by atoms with Gasteiger partial charge in [0.05, 0.1) is 6.61 Å². The molecule has 2 aromatic rings. The topological polar surface area (TPSA) is 28.6 Å². The highest BCUT2D eigenvalue weighted by atomic mass is 32.1. The average Bonchev–Trinajstić information content (AvgIpc) is 2.94. The highest BCUT2D eigenvalue weighted by Gasteiger charge is 2.20. The molecule has 0 spiro atoms. The molecule has 0 unspecified atom stereocenters. The van der Waals surface area contributed by atoms with E-state index in [1.807, 2.05) is 23.6 Å². The number of hydrogen-bond acceptors (Lipinski definition) is 5. The second-order valence-corrected chi connectivity index (χ2v) is 6.29. The van der Waals surface area contributed by atoms with Gasteiger partial charge in [-0.1, -0.05) is 12.1 Å². The molecule has 112 valence electrons. The highest BCUT2D eigenvalue weighted by molar-refractivity contribution is 7.09. The monoisotopic (exact) mass is 303 g/mol. The molecular weight excluding hydrogens is 282 g/mol. The van der Waals surface area contributed by atoms with Gasteiger partial charge in [-0.2, -0.15) is 0 Å². The number of aromatic nitrogens is 1. The van der Waals surface area contributed by atoms with Crippen LogP contribution in [0.1, 0.15) is 10.4 Å². The van der Waals surface area contributed by atoms with Gasteiger partial charge in [0.2, 0.25) is 0 Å². The SMILES string of the molecule is COCCN1CCN(Cc2cccs2)Cc2cccnc21. The number of rotatable bonds is 5. The minimum absolute atomic E-state index is 0.737. The first-order valence-electron chi connectivity index (χ1n) is 7.29. The van der Waals surface area contributed by atoms with E-state index in [2.05, 4.69) is 38.4 Å². The van der Waals surface area contributed by atoms with Crippen LogP contribution in [-0.2, 0) is 17.8 Å². The maximum atomic E-state index is 5.23. The third-order valence-corrected chi connectivity index (χ3v) is 4.63. The van der Waals surface area contributed by atoms with Crippen molar-refractivity contribution in [2.24, 2.45) is 0 Å². The number of nitrogens with zero attached hydrogens (tertiary/aromatic N) is 3. The van der Waals surface area contributed by atoms with Crippen molar-refractivity contribution in [3.63, 3.8) is 0 Å². The molecule has 0 aromatic carbocycles. The summed E-state index contributed by atoms with van der Waals surface area (Å²) >= 11 is 1.83. The lowest BCUT2D eigenvalue weighted by Crippen LogP contribution is -2.33. The maximum Gasteiger partial charge on any atom is 0.133 e. The zero-order valence-electron chi connectivity index (χ0n) is 12.4. The first-order chi connectivity index (χ1) is 10.4. The Labute approximate surface area is 130 Å². The Morgan fingerprint density at radius 2 is 2.24 bits per heavy atom. The molecule has 0 amide bonds. The molecular formula is C16H21N3OS. The van der Waals surface area contributed by atoms with E-state index in [1.165, 1.54) is 10.4 Å². The number of pyridine rings is 1. The molecule has 0 N–H and O–H groups in total. The van der Waals surface area contributed by atoms with Gasteiger partial charge in [0.1, 0.15) is 5.82 Å². The Bertz CT molecular complexity index is 558. The van der Waals surface area contributed by atoms with E-state index in [0.717, 1.165) is 45.1 Å². The van der Waals surface area contributed by atoms with Crippen LogP contribution in [0.2, 0.25) is 0 Å². The van der Waals surface area contributed by atoms with E-state index in [1.54, 1.807) is 7.11 Å². The first-order valence-corrected chi connectivity index (χ1v) is 8.17. The molecule has 4 nitrogen and oxygen atoms in total. The molecule has 0 atom stereocenters. The van der Waals surface area contributed by atoms with E-state index in [9.17, 15) is 0 Å². The lowest BCUT2D eigenvalue weighted by Gasteiger charge is -2.23. The Balaban J connectivity index is 1.76. The minimum Gasteiger partial charge on any atom is -0.383 e. The van der Waals surface area contributed by atoms with E-state index in [4.69, 9.17) is 4.74 Å². The van der Waals surface area contributed by atoms with Gasteiger partial charge >= 0.3 is 0 Å². The van der Waals surface area contributed by atoms with Crippen LogP contribution in [0.5, 0.6) is 0 Å². The standard InChI is InChI=1S/C16H21N3OS/c1-20-10-9-19-8-7-18(13-15-5-3-11-21-15)12-14-4-2-6-17-16(14)19/h2-6,11H,7-10,12-13H2,1H3. The molecule has 3 rings (SSSR count). The third kappa shape index (κ3) is 3.61. The molecule has 0 saturated carbocycles. The predicted octanol–water partition coefficient (Wildman–Crippen LogP) is 2.61. The van der Waals surface area contributed by atoms with Gasteiger partial charge in [-0.05, 0) is 17.5 Å². The highest BCUT2D eigenvalue weighted by Crippen LogP contribution is 2.24. The van der Waals surface area contributed by atoms with Crippen LogP contribution in [0.15, 0.2) is 35.8 Å². The van der Waals surface area contributed by atoms with Crippen molar-refractivity contribution in [1.29, 1.82) is 0 Å². The van der Waals surface area contributed by atoms with Crippen LogP contribution in [-0.4, -0.2) is 43.2 Å². The summed E-state index contributed by atoms with van der Waals surface area (Å²) in [7, 11) is 1.75. The number of fused-ring (bicyclic) bond motifs is 1. The van der Waals surface area contributed by atoms with Gasteiger partial charge in [0.15, 0.2) is 0 Å². The molecule has 3 heterocycles. The smallest absolute Gasteiger partial charge is 0.133 e. The number of anilines is 1. The molecule has 2 aromatic heterocycles. The summed E-state index contributed by atoms with van der Waals surface area (Å²) in [6.45, 7) is 5.67. The second kappa shape index (κ2) is 7.02. The van der Waals surface area contributed by atoms with Crippen molar-refractivity contribution in [1.82, 2.24) is 9.88 Å². The number of methoxy groups -OCH3 is 1. The van der Waals surface area contributed by atoms with Crippen LogP contribution < -0.4 is 4.90 Å². The molecule has 1 aliphatic heterocycles. The summed E-state index contributed by atoms with van der Waals surface area (Å²) < 4.78 is 5.23. The van der Waals surface area contributed by atoms with Crippen LogP contribution in [0, 0.1) is 0 Å². The number of thiophene rings is 1. The number of hydrogen-bond donors (Lipinski definition) is 0. The quantitative estimate of drug-likeness (QED) is 0.849. The predicted molar refractivity (Wildman–Crippen MR) is 86.8 cm³/mol. The lowest BCUT2D eigenvalue weighted by molar-refractivity contribution is 0.203. The van der Waals surface area contributed by atoms with Crippen molar-refractivity contribution in [2.75, 3.05) is 38.3 Å². The molecule has 0 bridgehead atoms.